The summed E-state index contributed by atoms with van der Waals surface area (Å²) in [6.45, 7) is 2.81. The molecular weight excluding hydrogens is 376 g/mol. The third-order valence-corrected chi connectivity index (χ3v) is 4.37. The Morgan fingerprint density at radius 3 is 1.40 bits per heavy atom. The largest absolute Gasteiger partial charge is 0.489 e. The number of hydrogen-bond acceptors (Lipinski definition) is 4. The molecule has 0 aliphatic heterocycles. The zero-order valence-corrected chi connectivity index (χ0v) is 16.2. The van der Waals surface area contributed by atoms with Gasteiger partial charge in [-0.05, 0) is 35.7 Å². The number of nitrogen functional groups attached to an aromatic ring is 2. The molecule has 0 spiro atoms. The van der Waals surface area contributed by atoms with Crippen LogP contribution in [0, 0.1) is 17.7 Å². The van der Waals surface area contributed by atoms with Gasteiger partial charge in [0, 0.05) is 17.2 Å². The Hall–Kier alpha value is -3.80. The minimum Gasteiger partial charge on any atom is -0.489 e. The van der Waals surface area contributed by atoms with E-state index in [1.807, 2.05) is 73.7 Å². The summed E-state index contributed by atoms with van der Waals surface area (Å²) in [6, 6.07) is 20.6. The van der Waals surface area contributed by atoms with Gasteiger partial charge in [0.15, 0.2) is 0 Å². The van der Waals surface area contributed by atoms with Crippen LogP contribution in [0.1, 0.15) is 35.2 Å². The summed E-state index contributed by atoms with van der Waals surface area (Å²) in [4.78, 5) is 0. The number of nitrogens with one attached hydrogen (secondary N) is 2. The minimum absolute atomic E-state index is 0. The SMILES string of the molecule is C.Cc1cc(OCc2ccc(C(=N)N)cc2)cc(OCc2ccc(C(=N)N)cc2)c1. The molecule has 0 heterocycles. The summed E-state index contributed by atoms with van der Waals surface area (Å²) < 4.78 is 11.8. The zero-order valence-electron chi connectivity index (χ0n) is 16.2. The van der Waals surface area contributed by atoms with Crippen molar-refractivity contribution in [3.8, 4) is 11.5 Å². The molecule has 0 unspecified atom stereocenters. The Morgan fingerprint density at radius 2 is 1.07 bits per heavy atom. The molecule has 0 atom stereocenters. The minimum atomic E-state index is 0. The van der Waals surface area contributed by atoms with Gasteiger partial charge >= 0.3 is 0 Å². The van der Waals surface area contributed by atoms with Crippen LogP contribution in [0.4, 0.5) is 0 Å². The van der Waals surface area contributed by atoms with Crippen molar-refractivity contribution in [2.45, 2.75) is 27.6 Å². The Balaban J connectivity index is 0.00000320. The van der Waals surface area contributed by atoms with Gasteiger partial charge in [-0.3, -0.25) is 10.8 Å². The van der Waals surface area contributed by atoms with Gasteiger partial charge in [-0.1, -0.05) is 56.0 Å². The number of aryl methyl sites for hydroxylation is 1. The number of amidine groups is 2. The molecule has 0 aliphatic rings. The van der Waals surface area contributed by atoms with Gasteiger partial charge < -0.3 is 20.9 Å². The summed E-state index contributed by atoms with van der Waals surface area (Å²) in [5.74, 6) is 1.55. The fourth-order valence-corrected chi connectivity index (χ4v) is 2.78. The average Bonchev–Trinajstić information content (AvgIpc) is 2.71. The molecule has 0 amide bonds. The van der Waals surface area contributed by atoms with Crippen molar-refractivity contribution in [1.82, 2.24) is 0 Å². The Labute approximate surface area is 177 Å². The first-order chi connectivity index (χ1) is 13.9. The summed E-state index contributed by atoms with van der Waals surface area (Å²) in [7, 11) is 0. The van der Waals surface area contributed by atoms with Crippen LogP contribution in [0.5, 0.6) is 11.5 Å². The van der Waals surface area contributed by atoms with E-state index in [2.05, 4.69) is 0 Å². The molecule has 0 fully saturated rings. The monoisotopic (exact) mass is 404 g/mol. The first-order valence-electron chi connectivity index (χ1n) is 9.14. The van der Waals surface area contributed by atoms with E-state index in [4.69, 9.17) is 31.8 Å². The molecule has 6 heteroatoms. The molecular formula is C24H28N4O2. The van der Waals surface area contributed by atoms with Crippen LogP contribution >= 0.6 is 0 Å². The molecule has 30 heavy (non-hydrogen) atoms. The average molecular weight is 405 g/mol. The quantitative estimate of drug-likeness (QED) is 0.329. The van der Waals surface area contributed by atoms with Crippen molar-refractivity contribution < 1.29 is 9.47 Å². The first-order valence-corrected chi connectivity index (χ1v) is 9.14. The van der Waals surface area contributed by atoms with Crippen LogP contribution in [0.3, 0.4) is 0 Å². The van der Waals surface area contributed by atoms with E-state index in [0.717, 1.165) is 28.2 Å². The molecule has 0 saturated carbocycles. The molecule has 6 nitrogen and oxygen atoms in total. The lowest BCUT2D eigenvalue weighted by Crippen LogP contribution is -2.10. The van der Waals surface area contributed by atoms with E-state index >= 15 is 0 Å². The summed E-state index contributed by atoms with van der Waals surface area (Å²) in [6.07, 6.45) is 0. The molecule has 3 aromatic rings. The second-order valence-electron chi connectivity index (χ2n) is 6.78. The van der Waals surface area contributed by atoms with Crippen LogP contribution in [-0.2, 0) is 13.2 Å². The topological polar surface area (TPSA) is 118 Å². The van der Waals surface area contributed by atoms with Gasteiger partial charge in [-0.25, -0.2) is 0 Å². The first kappa shape index (κ1) is 22.5. The lowest BCUT2D eigenvalue weighted by atomic mass is 10.1. The van der Waals surface area contributed by atoms with E-state index in [0.29, 0.717) is 24.3 Å². The maximum atomic E-state index is 7.44. The fraction of sp³-hybridized carbons (Fsp3) is 0.167. The molecule has 0 saturated heterocycles. The predicted molar refractivity (Wildman–Crippen MR) is 121 cm³/mol. The second kappa shape index (κ2) is 10.1. The standard InChI is InChI=1S/C23H24N4O2.CH4/c1-15-10-20(28-13-16-2-6-18(7-3-16)22(24)25)12-21(11-15)29-14-17-4-8-19(9-5-17)23(26)27;/h2-12H,13-14H2,1H3,(H3,24,25)(H3,26,27);1H4. The smallest absolute Gasteiger partial charge is 0.123 e. The van der Waals surface area contributed by atoms with E-state index in [1.54, 1.807) is 0 Å². The highest BCUT2D eigenvalue weighted by molar-refractivity contribution is 5.95. The van der Waals surface area contributed by atoms with Crippen LogP contribution in [0.25, 0.3) is 0 Å². The number of hydrogen-bond donors (Lipinski definition) is 4. The molecule has 156 valence electrons. The number of nitrogens with two attached hydrogens (primary N) is 2. The lowest BCUT2D eigenvalue weighted by Gasteiger charge is -2.12. The lowest BCUT2D eigenvalue weighted by molar-refractivity contribution is 0.289. The van der Waals surface area contributed by atoms with E-state index in [-0.39, 0.29) is 19.1 Å². The summed E-state index contributed by atoms with van der Waals surface area (Å²) in [5, 5.41) is 14.9. The zero-order chi connectivity index (χ0) is 20.8. The van der Waals surface area contributed by atoms with Gasteiger partial charge in [0.05, 0.1) is 0 Å². The third kappa shape index (κ3) is 6.10. The predicted octanol–water partition coefficient (Wildman–Crippen LogP) is 4.36. The van der Waals surface area contributed by atoms with Crippen molar-refractivity contribution in [3.05, 3.63) is 94.5 Å². The van der Waals surface area contributed by atoms with Crippen molar-refractivity contribution in [1.29, 1.82) is 10.8 Å². The van der Waals surface area contributed by atoms with Gasteiger partial charge in [0.25, 0.3) is 0 Å². The van der Waals surface area contributed by atoms with Crippen LogP contribution in [-0.4, -0.2) is 11.7 Å². The maximum Gasteiger partial charge on any atom is 0.123 e. The van der Waals surface area contributed by atoms with Gasteiger partial charge in [0.1, 0.15) is 36.4 Å². The molecule has 0 aliphatic carbocycles. The molecule has 3 rings (SSSR count). The Kier molecular flexibility index (Phi) is 7.58. The second-order valence-corrected chi connectivity index (χ2v) is 6.78. The van der Waals surface area contributed by atoms with Crippen molar-refractivity contribution in [2.75, 3.05) is 0 Å². The molecule has 6 N–H and O–H groups in total. The van der Waals surface area contributed by atoms with Crippen LogP contribution in [0.2, 0.25) is 0 Å². The summed E-state index contributed by atoms with van der Waals surface area (Å²) >= 11 is 0. The maximum absolute atomic E-state index is 7.44. The third-order valence-electron chi connectivity index (χ3n) is 4.37. The van der Waals surface area contributed by atoms with Crippen molar-refractivity contribution >= 4 is 11.7 Å². The van der Waals surface area contributed by atoms with Crippen LogP contribution in [0.15, 0.2) is 66.7 Å². The fourth-order valence-electron chi connectivity index (χ4n) is 2.78. The Bertz CT molecular complexity index is 933. The number of benzene rings is 3. The van der Waals surface area contributed by atoms with Gasteiger partial charge in [-0.2, -0.15) is 0 Å². The molecule has 3 aromatic carbocycles. The van der Waals surface area contributed by atoms with Gasteiger partial charge in [-0.15, -0.1) is 0 Å². The molecule has 0 bridgehead atoms. The highest BCUT2D eigenvalue weighted by Gasteiger charge is 2.04. The number of rotatable bonds is 8. The van der Waals surface area contributed by atoms with Crippen molar-refractivity contribution in [2.24, 2.45) is 11.5 Å². The van der Waals surface area contributed by atoms with Crippen LogP contribution < -0.4 is 20.9 Å². The van der Waals surface area contributed by atoms with Gasteiger partial charge in [0.2, 0.25) is 0 Å². The highest BCUT2D eigenvalue weighted by atomic mass is 16.5. The normalized spacial score (nSPS) is 10.0. The molecule has 0 aromatic heterocycles. The molecule has 0 radical (unpaired) electrons. The van der Waals surface area contributed by atoms with E-state index in [1.165, 1.54) is 0 Å². The van der Waals surface area contributed by atoms with E-state index in [9.17, 15) is 0 Å². The van der Waals surface area contributed by atoms with Crippen molar-refractivity contribution in [3.63, 3.8) is 0 Å². The number of ether oxygens (including phenoxy) is 2. The van der Waals surface area contributed by atoms with E-state index < -0.39 is 0 Å². The summed E-state index contributed by atoms with van der Waals surface area (Å²) in [5.41, 5.74) is 15.4. The Morgan fingerprint density at radius 1 is 0.700 bits per heavy atom. The highest BCUT2D eigenvalue weighted by Crippen LogP contribution is 2.24.